The van der Waals surface area contributed by atoms with Gasteiger partial charge in [-0.15, -0.1) is 0 Å². The number of halogens is 3. The number of aromatic nitrogens is 2. The number of hydrogen-bond acceptors (Lipinski definition) is 3. The Morgan fingerprint density at radius 1 is 1.07 bits per heavy atom. The smallest absolute Gasteiger partial charge is 0.416 e. The summed E-state index contributed by atoms with van der Waals surface area (Å²) in [5.41, 5.74) is 1.75. The first-order chi connectivity index (χ1) is 13.3. The molecule has 0 amide bonds. The lowest BCUT2D eigenvalue weighted by molar-refractivity contribution is -0.137. The number of nitrogens with zero attached hydrogens (tertiary/aromatic N) is 2. The second-order valence-electron chi connectivity index (χ2n) is 6.17. The summed E-state index contributed by atoms with van der Waals surface area (Å²) in [6.45, 7) is 0.0239. The average molecular weight is 386 g/mol. The third kappa shape index (κ3) is 3.24. The van der Waals surface area contributed by atoms with Gasteiger partial charge >= 0.3 is 12.1 Å². The lowest BCUT2D eigenvalue weighted by atomic mass is 10.1. The van der Waals surface area contributed by atoms with Crippen LogP contribution in [0, 0.1) is 0 Å². The summed E-state index contributed by atoms with van der Waals surface area (Å²) in [5, 5.41) is 9.17. The topological polar surface area (TPSA) is 63.8 Å². The Bertz CT molecular complexity index is 1180. The van der Waals surface area contributed by atoms with Crippen LogP contribution < -0.4 is 4.74 Å². The Morgan fingerprint density at radius 2 is 1.82 bits per heavy atom. The van der Waals surface area contributed by atoms with Gasteiger partial charge in [0.2, 0.25) is 5.88 Å². The molecule has 5 nitrogen and oxygen atoms in total. The second kappa shape index (κ2) is 6.56. The minimum atomic E-state index is -4.39. The van der Waals surface area contributed by atoms with Crippen LogP contribution in [0.3, 0.4) is 0 Å². The fourth-order valence-corrected chi connectivity index (χ4v) is 2.93. The maximum Gasteiger partial charge on any atom is 0.416 e. The number of alkyl halides is 3. The predicted molar refractivity (Wildman–Crippen MR) is 95.4 cm³/mol. The largest absolute Gasteiger partial charge is 0.478 e. The third-order valence-electron chi connectivity index (χ3n) is 4.33. The quantitative estimate of drug-likeness (QED) is 0.548. The summed E-state index contributed by atoms with van der Waals surface area (Å²) < 4.78 is 45.5. The molecule has 4 rings (SSSR count). The summed E-state index contributed by atoms with van der Waals surface area (Å²) in [6.07, 6.45) is -2.59. The zero-order chi connectivity index (χ0) is 19.9. The van der Waals surface area contributed by atoms with E-state index in [-0.39, 0.29) is 18.1 Å². The lowest BCUT2D eigenvalue weighted by Gasteiger charge is -2.11. The van der Waals surface area contributed by atoms with Crippen molar-refractivity contribution in [3.63, 3.8) is 0 Å². The molecule has 0 radical (unpaired) electrons. The highest BCUT2D eigenvalue weighted by Crippen LogP contribution is 2.30. The summed E-state index contributed by atoms with van der Waals surface area (Å²) in [7, 11) is 0. The number of carboxylic acids is 1. The number of ether oxygens (including phenoxy) is 1. The van der Waals surface area contributed by atoms with Crippen LogP contribution in [0.4, 0.5) is 13.2 Å². The zero-order valence-electron chi connectivity index (χ0n) is 14.3. The molecule has 8 heteroatoms. The van der Waals surface area contributed by atoms with E-state index in [0.29, 0.717) is 22.1 Å². The van der Waals surface area contributed by atoms with Crippen LogP contribution in [-0.4, -0.2) is 20.5 Å². The van der Waals surface area contributed by atoms with Crippen LogP contribution in [-0.2, 0) is 12.8 Å². The standard InChI is InChI=1S/C20H13F3N2O3/c21-20(22,23)14-6-3-12(4-7-14)11-28-18-17-2-1-9-25(17)16-8-5-13(19(26)27)10-15(16)24-18/h1-10H,11H2,(H,26,27). The van der Waals surface area contributed by atoms with Crippen molar-refractivity contribution in [2.24, 2.45) is 0 Å². The molecular weight excluding hydrogens is 373 g/mol. The number of fused-ring (bicyclic) bond motifs is 3. The molecule has 0 saturated carbocycles. The maximum atomic E-state index is 12.7. The van der Waals surface area contributed by atoms with E-state index < -0.39 is 17.7 Å². The van der Waals surface area contributed by atoms with E-state index in [1.807, 2.05) is 4.40 Å². The lowest BCUT2D eigenvalue weighted by Crippen LogP contribution is -2.05. The van der Waals surface area contributed by atoms with E-state index in [4.69, 9.17) is 4.74 Å². The van der Waals surface area contributed by atoms with Crippen LogP contribution in [0.15, 0.2) is 60.8 Å². The molecule has 28 heavy (non-hydrogen) atoms. The van der Waals surface area contributed by atoms with Crippen molar-refractivity contribution in [2.75, 3.05) is 0 Å². The van der Waals surface area contributed by atoms with E-state index in [1.165, 1.54) is 24.3 Å². The molecule has 0 aliphatic rings. The van der Waals surface area contributed by atoms with Crippen molar-refractivity contribution in [1.29, 1.82) is 0 Å². The van der Waals surface area contributed by atoms with Gasteiger partial charge in [-0.25, -0.2) is 9.78 Å². The van der Waals surface area contributed by atoms with Gasteiger partial charge in [0.25, 0.3) is 0 Å². The number of carboxylic acid groups (broad SMARTS) is 1. The summed E-state index contributed by atoms with van der Waals surface area (Å²) in [4.78, 5) is 15.6. The Balaban J connectivity index is 1.67. The molecule has 0 aliphatic heterocycles. The van der Waals surface area contributed by atoms with Gasteiger partial charge in [0.15, 0.2) is 0 Å². The molecule has 0 unspecified atom stereocenters. The first-order valence-corrected chi connectivity index (χ1v) is 8.26. The van der Waals surface area contributed by atoms with E-state index in [2.05, 4.69) is 4.98 Å². The first-order valence-electron chi connectivity index (χ1n) is 8.26. The molecular formula is C20H13F3N2O3. The Morgan fingerprint density at radius 3 is 2.50 bits per heavy atom. The van der Waals surface area contributed by atoms with Gasteiger partial charge in [-0.1, -0.05) is 12.1 Å². The Hall–Kier alpha value is -3.55. The number of benzene rings is 2. The number of rotatable bonds is 4. The van der Waals surface area contributed by atoms with Crippen molar-refractivity contribution < 1.29 is 27.8 Å². The van der Waals surface area contributed by atoms with Gasteiger partial charge in [0.05, 0.1) is 22.2 Å². The summed E-state index contributed by atoms with van der Waals surface area (Å²) in [6, 6.07) is 12.9. The molecule has 2 aromatic carbocycles. The molecule has 2 aromatic heterocycles. The normalized spacial score (nSPS) is 11.8. The first kappa shape index (κ1) is 17.8. The SMILES string of the molecule is O=C(O)c1ccc2c(c1)nc(OCc1ccc(C(F)(F)F)cc1)c1cccn12. The van der Waals surface area contributed by atoms with E-state index in [9.17, 15) is 23.1 Å². The molecule has 0 saturated heterocycles. The van der Waals surface area contributed by atoms with Crippen LogP contribution >= 0.6 is 0 Å². The zero-order valence-corrected chi connectivity index (χ0v) is 14.3. The number of hydrogen-bond donors (Lipinski definition) is 1. The van der Waals surface area contributed by atoms with E-state index in [1.54, 1.807) is 24.4 Å². The van der Waals surface area contributed by atoms with Gasteiger partial charge in [-0.3, -0.25) is 0 Å². The van der Waals surface area contributed by atoms with Crippen molar-refractivity contribution in [1.82, 2.24) is 9.38 Å². The van der Waals surface area contributed by atoms with Gasteiger partial charge in [-0.2, -0.15) is 13.2 Å². The molecule has 0 fully saturated rings. The highest BCUT2D eigenvalue weighted by Gasteiger charge is 2.29. The van der Waals surface area contributed by atoms with E-state index in [0.717, 1.165) is 12.1 Å². The monoisotopic (exact) mass is 386 g/mol. The average Bonchev–Trinajstić information content (AvgIpc) is 3.15. The van der Waals surface area contributed by atoms with E-state index >= 15 is 0 Å². The van der Waals surface area contributed by atoms with Crippen molar-refractivity contribution in [3.8, 4) is 5.88 Å². The number of carbonyl (C=O) groups is 1. The van der Waals surface area contributed by atoms with Crippen LogP contribution in [0.1, 0.15) is 21.5 Å². The minimum Gasteiger partial charge on any atom is -0.478 e. The molecule has 0 bridgehead atoms. The van der Waals surface area contributed by atoms with Crippen molar-refractivity contribution in [3.05, 3.63) is 77.5 Å². The third-order valence-corrected chi connectivity index (χ3v) is 4.33. The predicted octanol–water partition coefficient (Wildman–Crippen LogP) is 4.78. The maximum absolute atomic E-state index is 12.7. The Kier molecular flexibility index (Phi) is 4.18. The van der Waals surface area contributed by atoms with Crippen LogP contribution in [0.2, 0.25) is 0 Å². The van der Waals surface area contributed by atoms with Crippen LogP contribution in [0.25, 0.3) is 16.6 Å². The fourth-order valence-electron chi connectivity index (χ4n) is 2.93. The second-order valence-corrected chi connectivity index (χ2v) is 6.17. The molecule has 142 valence electrons. The summed E-state index contributed by atoms with van der Waals surface area (Å²) in [5.74, 6) is -0.802. The highest BCUT2D eigenvalue weighted by atomic mass is 19.4. The Labute approximate surface area is 156 Å². The molecule has 0 spiro atoms. The molecule has 1 N–H and O–H groups in total. The molecule has 0 aliphatic carbocycles. The molecule has 0 atom stereocenters. The fraction of sp³-hybridized carbons (Fsp3) is 0.100. The molecule has 2 heterocycles. The van der Waals surface area contributed by atoms with Gasteiger partial charge < -0.3 is 14.2 Å². The minimum absolute atomic E-state index is 0.0239. The molecule has 4 aromatic rings. The van der Waals surface area contributed by atoms with Crippen LogP contribution in [0.5, 0.6) is 5.88 Å². The van der Waals surface area contributed by atoms with Gasteiger partial charge in [0.1, 0.15) is 12.1 Å². The van der Waals surface area contributed by atoms with Crippen molar-refractivity contribution >= 4 is 22.5 Å². The van der Waals surface area contributed by atoms with Crippen molar-refractivity contribution in [2.45, 2.75) is 12.8 Å². The number of aromatic carboxylic acids is 1. The summed E-state index contributed by atoms with van der Waals surface area (Å²) >= 11 is 0. The van der Waals surface area contributed by atoms with Gasteiger partial charge in [0, 0.05) is 6.20 Å². The van der Waals surface area contributed by atoms with Gasteiger partial charge in [-0.05, 0) is 48.0 Å². The highest BCUT2D eigenvalue weighted by molar-refractivity contribution is 5.93.